The SMILES string of the molecule is CC(=O)N1CCN(c2cc(N3C[C@H]4CC[C@@H](C3)O4)nc3c2cnn3-c2ccn(C3CCCCO3)n2)[C@H](C)C1. The fourth-order valence-corrected chi connectivity index (χ4v) is 6.48. The number of hydrogen-bond acceptors (Lipinski definition) is 8. The summed E-state index contributed by atoms with van der Waals surface area (Å²) in [5.41, 5.74) is 1.91. The second kappa shape index (κ2) is 9.53. The number of amides is 1. The molecule has 0 N–H and O–H groups in total. The van der Waals surface area contributed by atoms with Gasteiger partial charge in [0.05, 0.1) is 29.5 Å². The van der Waals surface area contributed by atoms with Gasteiger partial charge >= 0.3 is 0 Å². The minimum absolute atomic E-state index is 0.0272. The molecule has 3 aromatic rings. The molecule has 0 spiro atoms. The zero-order valence-corrected chi connectivity index (χ0v) is 22.2. The van der Waals surface area contributed by atoms with Crippen molar-refractivity contribution in [3.63, 3.8) is 0 Å². The molecule has 1 amide bonds. The number of piperazine rings is 1. The predicted octanol–water partition coefficient (Wildman–Crippen LogP) is 2.74. The molecule has 0 aliphatic carbocycles. The van der Waals surface area contributed by atoms with Crippen LogP contribution in [0.2, 0.25) is 0 Å². The molecule has 0 radical (unpaired) electrons. The lowest BCUT2D eigenvalue weighted by atomic mass is 10.1. The molecule has 1 unspecified atom stereocenters. The van der Waals surface area contributed by atoms with Gasteiger partial charge in [-0.3, -0.25) is 4.79 Å². The summed E-state index contributed by atoms with van der Waals surface area (Å²) in [6, 6.07) is 4.38. The van der Waals surface area contributed by atoms with E-state index in [0.29, 0.717) is 13.1 Å². The molecule has 11 heteroatoms. The van der Waals surface area contributed by atoms with Gasteiger partial charge in [0.1, 0.15) is 12.0 Å². The largest absolute Gasteiger partial charge is 0.371 e. The van der Waals surface area contributed by atoms with Gasteiger partial charge in [-0.15, -0.1) is 0 Å². The third-order valence-corrected chi connectivity index (χ3v) is 8.52. The third-order valence-electron chi connectivity index (χ3n) is 8.52. The van der Waals surface area contributed by atoms with Crippen LogP contribution in [0, 0.1) is 0 Å². The molecule has 4 aliphatic heterocycles. The smallest absolute Gasteiger partial charge is 0.219 e. The Morgan fingerprint density at radius 3 is 2.63 bits per heavy atom. The van der Waals surface area contributed by atoms with Crippen LogP contribution in [0.4, 0.5) is 11.5 Å². The van der Waals surface area contributed by atoms with Crippen LogP contribution in [0.25, 0.3) is 16.9 Å². The van der Waals surface area contributed by atoms with E-state index in [1.165, 1.54) is 0 Å². The van der Waals surface area contributed by atoms with Crippen LogP contribution >= 0.6 is 0 Å². The van der Waals surface area contributed by atoms with Crippen molar-refractivity contribution in [3.8, 4) is 5.82 Å². The van der Waals surface area contributed by atoms with E-state index in [4.69, 9.17) is 24.7 Å². The summed E-state index contributed by atoms with van der Waals surface area (Å²) >= 11 is 0. The van der Waals surface area contributed by atoms with Gasteiger partial charge in [0.2, 0.25) is 5.91 Å². The summed E-state index contributed by atoms with van der Waals surface area (Å²) in [5, 5.41) is 10.6. The van der Waals surface area contributed by atoms with Gasteiger partial charge in [0.15, 0.2) is 11.5 Å². The molecule has 7 rings (SSSR count). The average molecular weight is 521 g/mol. The summed E-state index contributed by atoms with van der Waals surface area (Å²) in [4.78, 5) is 23.9. The van der Waals surface area contributed by atoms with Crippen molar-refractivity contribution in [3.05, 3.63) is 24.5 Å². The predicted molar refractivity (Wildman–Crippen MR) is 143 cm³/mol. The zero-order valence-electron chi connectivity index (χ0n) is 22.2. The molecule has 0 saturated carbocycles. The number of carbonyl (C=O) groups is 1. The molecular weight excluding hydrogens is 484 g/mol. The second-order valence-electron chi connectivity index (χ2n) is 11.1. The maximum atomic E-state index is 12.1. The van der Waals surface area contributed by atoms with Gasteiger partial charge in [-0.25, -0.2) is 9.67 Å². The molecule has 0 aromatic carbocycles. The monoisotopic (exact) mass is 520 g/mol. The molecule has 11 nitrogen and oxygen atoms in total. The van der Waals surface area contributed by atoms with Crippen molar-refractivity contribution >= 4 is 28.4 Å². The first-order valence-electron chi connectivity index (χ1n) is 14.0. The highest BCUT2D eigenvalue weighted by Crippen LogP contribution is 2.36. The maximum absolute atomic E-state index is 12.1. The molecule has 4 atom stereocenters. The second-order valence-corrected chi connectivity index (χ2v) is 11.1. The van der Waals surface area contributed by atoms with Gasteiger partial charge in [0.25, 0.3) is 0 Å². The Labute approximate surface area is 222 Å². The van der Waals surface area contributed by atoms with Crippen molar-refractivity contribution in [1.29, 1.82) is 0 Å². The number of nitrogens with zero attached hydrogens (tertiary/aromatic N) is 8. The number of anilines is 2. The Morgan fingerprint density at radius 2 is 1.89 bits per heavy atom. The number of fused-ring (bicyclic) bond motifs is 3. The van der Waals surface area contributed by atoms with E-state index in [1.54, 1.807) is 6.92 Å². The molecule has 4 saturated heterocycles. The van der Waals surface area contributed by atoms with E-state index in [9.17, 15) is 4.79 Å². The van der Waals surface area contributed by atoms with E-state index in [1.807, 2.05) is 32.7 Å². The normalized spacial score (nSPS) is 27.9. The molecule has 4 fully saturated rings. The third kappa shape index (κ3) is 4.21. The number of carbonyl (C=O) groups excluding carboxylic acids is 1. The Kier molecular flexibility index (Phi) is 6.00. The highest BCUT2D eigenvalue weighted by molar-refractivity contribution is 5.92. The van der Waals surface area contributed by atoms with Crippen molar-refractivity contribution in [2.24, 2.45) is 0 Å². The Balaban J connectivity index is 1.29. The van der Waals surface area contributed by atoms with Crippen molar-refractivity contribution in [2.75, 3.05) is 49.1 Å². The Hall–Kier alpha value is -3.18. The topological polar surface area (TPSA) is 93.8 Å². The lowest BCUT2D eigenvalue weighted by molar-refractivity contribution is -0.129. The standard InChI is InChI=1S/C27H36N8O3/c1-18-15-31(19(2)36)10-11-33(18)23-13-25(32-16-20-6-7-21(17-32)38-20)29-27-22(23)14-28-35(27)24-8-9-34(30-24)26-5-3-4-12-37-26/h8-9,13-14,18,20-21,26H,3-7,10-12,15-17H2,1-2H3/t18-,20-,21+,26?/m1/s1. The van der Waals surface area contributed by atoms with Gasteiger partial charge < -0.3 is 24.2 Å². The van der Waals surface area contributed by atoms with Gasteiger partial charge in [0, 0.05) is 70.6 Å². The van der Waals surface area contributed by atoms with Crippen LogP contribution in [-0.4, -0.2) is 92.9 Å². The minimum Gasteiger partial charge on any atom is -0.371 e. The highest BCUT2D eigenvalue weighted by Gasteiger charge is 2.35. The minimum atomic E-state index is -0.0272. The van der Waals surface area contributed by atoms with Crippen LogP contribution in [-0.2, 0) is 14.3 Å². The number of pyridine rings is 1. The Morgan fingerprint density at radius 1 is 1.05 bits per heavy atom. The summed E-state index contributed by atoms with van der Waals surface area (Å²) in [7, 11) is 0. The number of aromatic nitrogens is 5. The van der Waals surface area contributed by atoms with E-state index < -0.39 is 0 Å². The first kappa shape index (κ1) is 23.9. The van der Waals surface area contributed by atoms with Crippen molar-refractivity contribution in [1.82, 2.24) is 29.4 Å². The van der Waals surface area contributed by atoms with Crippen LogP contribution in [0.5, 0.6) is 0 Å². The lowest BCUT2D eigenvalue weighted by Gasteiger charge is -2.41. The average Bonchev–Trinajstić information content (AvgIpc) is 3.66. The quantitative estimate of drug-likeness (QED) is 0.519. The first-order chi connectivity index (χ1) is 18.5. The zero-order chi connectivity index (χ0) is 25.8. The van der Waals surface area contributed by atoms with E-state index in [2.05, 4.69) is 22.8 Å². The number of morpholine rings is 1. The fourth-order valence-electron chi connectivity index (χ4n) is 6.48. The Bertz CT molecular complexity index is 1320. The molecule has 38 heavy (non-hydrogen) atoms. The van der Waals surface area contributed by atoms with Gasteiger partial charge in [-0.05, 0) is 39.0 Å². The molecular formula is C27H36N8O3. The molecule has 3 aromatic heterocycles. The number of hydrogen-bond donors (Lipinski definition) is 0. The summed E-state index contributed by atoms with van der Waals surface area (Å²) in [6.45, 7) is 8.50. The van der Waals surface area contributed by atoms with Gasteiger partial charge in [-0.2, -0.15) is 14.9 Å². The summed E-state index contributed by atoms with van der Waals surface area (Å²) < 4.78 is 15.8. The van der Waals surface area contributed by atoms with E-state index in [0.717, 1.165) is 86.7 Å². The highest BCUT2D eigenvalue weighted by atomic mass is 16.5. The fraction of sp³-hybridized carbons (Fsp3) is 0.630. The molecule has 2 bridgehead atoms. The van der Waals surface area contributed by atoms with Crippen LogP contribution in [0.1, 0.15) is 52.2 Å². The van der Waals surface area contributed by atoms with Crippen molar-refractivity contribution in [2.45, 2.75) is 70.4 Å². The van der Waals surface area contributed by atoms with E-state index in [-0.39, 0.29) is 30.4 Å². The lowest BCUT2D eigenvalue weighted by Crippen LogP contribution is -2.53. The van der Waals surface area contributed by atoms with Crippen LogP contribution in [0.15, 0.2) is 24.5 Å². The molecule has 4 aliphatic rings. The number of rotatable bonds is 4. The molecule has 202 valence electrons. The van der Waals surface area contributed by atoms with Crippen molar-refractivity contribution < 1.29 is 14.3 Å². The molecule has 7 heterocycles. The summed E-state index contributed by atoms with van der Waals surface area (Å²) in [6.07, 6.45) is 9.83. The first-order valence-corrected chi connectivity index (χ1v) is 14.0. The van der Waals surface area contributed by atoms with Crippen LogP contribution < -0.4 is 9.80 Å². The van der Waals surface area contributed by atoms with Crippen LogP contribution in [0.3, 0.4) is 0 Å². The number of ether oxygens (including phenoxy) is 2. The van der Waals surface area contributed by atoms with Gasteiger partial charge in [-0.1, -0.05) is 0 Å². The maximum Gasteiger partial charge on any atom is 0.219 e. The van der Waals surface area contributed by atoms with E-state index >= 15 is 0 Å². The summed E-state index contributed by atoms with van der Waals surface area (Å²) in [5.74, 6) is 1.82.